The topological polar surface area (TPSA) is 20.3 Å². The summed E-state index contributed by atoms with van der Waals surface area (Å²) >= 11 is 3.51. The average Bonchev–Trinajstić information content (AvgIpc) is 2.83. The molecule has 2 rings (SSSR count). The Balaban J connectivity index is 2.26. The molecule has 0 heterocycles. The molecule has 0 atom stereocenters. The highest BCUT2D eigenvalue weighted by Gasteiger charge is 2.22. The number of nitrogens with zero attached hydrogens (tertiary/aromatic N) is 1. The molecule has 1 saturated carbocycles. The van der Waals surface area contributed by atoms with E-state index < -0.39 is 0 Å². The molecule has 0 radical (unpaired) electrons. The molecule has 0 unspecified atom stereocenters. The minimum absolute atomic E-state index is 0.109. The monoisotopic (exact) mass is 309 g/mol. The van der Waals surface area contributed by atoms with Gasteiger partial charge in [-0.3, -0.25) is 4.79 Å². The van der Waals surface area contributed by atoms with Gasteiger partial charge in [-0.2, -0.15) is 0 Å². The third-order valence-electron chi connectivity index (χ3n) is 3.77. The van der Waals surface area contributed by atoms with Crippen LogP contribution in [0.5, 0.6) is 0 Å². The number of Topliss-reactive ketones (excluding diaryl/α,β-unsaturated/α-hetero) is 1. The molecule has 0 saturated heterocycles. The van der Waals surface area contributed by atoms with Crippen molar-refractivity contribution < 1.29 is 4.79 Å². The maximum absolute atomic E-state index is 11.4. The fourth-order valence-electron chi connectivity index (χ4n) is 2.84. The number of hydrogen-bond acceptors (Lipinski definition) is 2. The van der Waals surface area contributed by atoms with Crippen molar-refractivity contribution in [2.45, 2.75) is 45.6 Å². The molecule has 98 valence electrons. The van der Waals surface area contributed by atoms with E-state index in [9.17, 15) is 4.79 Å². The number of ketones is 1. The normalized spacial score (nSPS) is 15.9. The van der Waals surface area contributed by atoms with Gasteiger partial charge >= 0.3 is 0 Å². The van der Waals surface area contributed by atoms with Crippen molar-refractivity contribution >= 4 is 27.4 Å². The molecule has 0 N–H and O–H groups in total. The summed E-state index contributed by atoms with van der Waals surface area (Å²) in [7, 11) is 0. The van der Waals surface area contributed by atoms with Crippen molar-refractivity contribution in [3.8, 4) is 0 Å². The van der Waals surface area contributed by atoms with Gasteiger partial charge < -0.3 is 4.90 Å². The molecule has 18 heavy (non-hydrogen) atoms. The highest BCUT2D eigenvalue weighted by molar-refractivity contribution is 9.10. The minimum Gasteiger partial charge on any atom is -0.369 e. The third kappa shape index (κ3) is 2.77. The van der Waals surface area contributed by atoms with Crippen LogP contribution in [0.4, 0.5) is 5.69 Å². The second kappa shape index (κ2) is 5.87. The van der Waals surface area contributed by atoms with Gasteiger partial charge in [-0.15, -0.1) is 0 Å². The Morgan fingerprint density at radius 3 is 2.56 bits per heavy atom. The lowest BCUT2D eigenvalue weighted by molar-refractivity contribution is 0.101. The highest BCUT2D eigenvalue weighted by atomic mass is 79.9. The Hall–Kier alpha value is -0.830. The van der Waals surface area contributed by atoms with Gasteiger partial charge in [0.1, 0.15) is 0 Å². The van der Waals surface area contributed by atoms with E-state index >= 15 is 0 Å². The van der Waals surface area contributed by atoms with Crippen LogP contribution in [-0.4, -0.2) is 18.4 Å². The van der Waals surface area contributed by atoms with E-state index in [0.717, 1.165) is 16.6 Å². The predicted molar refractivity (Wildman–Crippen MR) is 79.4 cm³/mol. The maximum Gasteiger partial charge on any atom is 0.160 e. The van der Waals surface area contributed by atoms with Crippen LogP contribution < -0.4 is 4.90 Å². The summed E-state index contributed by atoms with van der Waals surface area (Å²) in [5.41, 5.74) is 1.99. The molecule has 1 fully saturated rings. The first kappa shape index (κ1) is 13.6. The Labute approximate surface area is 117 Å². The van der Waals surface area contributed by atoms with Crippen LogP contribution in [0.25, 0.3) is 0 Å². The van der Waals surface area contributed by atoms with Crippen LogP contribution in [0.2, 0.25) is 0 Å². The molecule has 1 aliphatic carbocycles. The first-order chi connectivity index (χ1) is 8.63. The molecule has 0 amide bonds. The van der Waals surface area contributed by atoms with Crippen LogP contribution in [0.1, 0.15) is 49.9 Å². The number of halogens is 1. The van der Waals surface area contributed by atoms with Crippen molar-refractivity contribution in [1.29, 1.82) is 0 Å². The van der Waals surface area contributed by atoms with Gasteiger partial charge in [-0.1, -0.05) is 12.8 Å². The summed E-state index contributed by atoms with van der Waals surface area (Å²) in [5, 5.41) is 0. The zero-order valence-electron chi connectivity index (χ0n) is 11.1. The van der Waals surface area contributed by atoms with Gasteiger partial charge in [0.05, 0.1) is 0 Å². The van der Waals surface area contributed by atoms with E-state index in [4.69, 9.17) is 0 Å². The number of anilines is 1. The molecular formula is C15H20BrNO. The Bertz CT molecular complexity index is 438. The van der Waals surface area contributed by atoms with Gasteiger partial charge in [0.25, 0.3) is 0 Å². The van der Waals surface area contributed by atoms with Gasteiger partial charge in [-0.25, -0.2) is 0 Å². The summed E-state index contributed by atoms with van der Waals surface area (Å²) < 4.78 is 0.906. The molecule has 0 bridgehead atoms. The predicted octanol–water partition coefficient (Wildman–Crippen LogP) is 4.42. The molecule has 1 aliphatic rings. The maximum atomic E-state index is 11.4. The minimum atomic E-state index is 0.109. The Morgan fingerprint density at radius 2 is 2.06 bits per heavy atom. The van der Waals surface area contributed by atoms with E-state index in [-0.39, 0.29) is 5.78 Å². The lowest BCUT2D eigenvalue weighted by atomic mass is 10.1. The number of carbonyl (C=O) groups excluding carboxylic acids is 1. The largest absolute Gasteiger partial charge is 0.369 e. The molecule has 3 heteroatoms. The first-order valence-electron chi connectivity index (χ1n) is 6.70. The van der Waals surface area contributed by atoms with Crippen molar-refractivity contribution in [2.24, 2.45) is 0 Å². The van der Waals surface area contributed by atoms with Gasteiger partial charge in [0, 0.05) is 28.3 Å². The van der Waals surface area contributed by atoms with Crippen LogP contribution in [0.15, 0.2) is 22.7 Å². The summed E-state index contributed by atoms with van der Waals surface area (Å²) in [4.78, 5) is 13.9. The summed E-state index contributed by atoms with van der Waals surface area (Å²) in [5.74, 6) is 0.109. The standard InChI is InChI=1S/C15H20BrNO/c1-3-17(12-6-4-5-7-12)13-8-9-14(11(2)18)15(16)10-13/h8-10,12H,3-7H2,1-2H3. The summed E-state index contributed by atoms with van der Waals surface area (Å²) in [6.07, 6.45) is 5.27. The van der Waals surface area contributed by atoms with Crippen LogP contribution in [0, 0.1) is 0 Å². The molecule has 0 aromatic heterocycles. The average molecular weight is 310 g/mol. The van der Waals surface area contributed by atoms with Gasteiger partial charge in [0.15, 0.2) is 5.78 Å². The molecule has 1 aromatic rings. The van der Waals surface area contributed by atoms with Crippen molar-refractivity contribution in [1.82, 2.24) is 0 Å². The number of rotatable bonds is 4. The fourth-order valence-corrected chi connectivity index (χ4v) is 3.48. The SMILES string of the molecule is CCN(c1ccc(C(C)=O)c(Br)c1)C1CCCC1. The summed E-state index contributed by atoms with van der Waals surface area (Å²) in [6.45, 7) is 4.83. The highest BCUT2D eigenvalue weighted by Crippen LogP contribution is 2.31. The molecule has 0 aliphatic heterocycles. The van der Waals surface area contributed by atoms with Crippen molar-refractivity contribution in [2.75, 3.05) is 11.4 Å². The van der Waals surface area contributed by atoms with Crippen molar-refractivity contribution in [3.05, 3.63) is 28.2 Å². The van der Waals surface area contributed by atoms with Crippen LogP contribution >= 0.6 is 15.9 Å². The van der Waals surface area contributed by atoms with E-state index in [1.54, 1.807) is 6.92 Å². The van der Waals surface area contributed by atoms with Crippen LogP contribution in [-0.2, 0) is 0 Å². The lowest BCUT2D eigenvalue weighted by Gasteiger charge is -2.30. The second-order valence-electron chi connectivity index (χ2n) is 4.94. The molecule has 0 spiro atoms. The molecule has 1 aromatic carbocycles. The first-order valence-corrected chi connectivity index (χ1v) is 7.50. The van der Waals surface area contributed by atoms with E-state index in [1.165, 1.54) is 31.4 Å². The second-order valence-corrected chi connectivity index (χ2v) is 5.80. The zero-order valence-corrected chi connectivity index (χ0v) is 12.7. The number of hydrogen-bond donors (Lipinski definition) is 0. The van der Waals surface area contributed by atoms with Gasteiger partial charge in [0.2, 0.25) is 0 Å². The fraction of sp³-hybridized carbons (Fsp3) is 0.533. The van der Waals surface area contributed by atoms with E-state index in [2.05, 4.69) is 39.9 Å². The third-order valence-corrected chi connectivity index (χ3v) is 4.43. The van der Waals surface area contributed by atoms with Crippen LogP contribution in [0.3, 0.4) is 0 Å². The smallest absolute Gasteiger partial charge is 0.160 e. The van der Waals surface area contributed by atoms with Gasteiger partial charge in [-0.05, 0) is 60.8 Å². The Kier molecular flexibility index (Phi) is 4.44. The quantitative estimate of drug-likeness (QED) is 0.767. The number of carbonyl (C=O) groups is 1. The van der Waals surface area contributed by atoms with E-state index in [1.807, 2.05) is 6.07 Å². The van der Waals surface area contributed by atoms with E-state index in [0.29, 0.717) is 6.04 Å². The zero-order chi connectivity index (χ0) is 13.1. The number of benzene rings is 1. The Morgan fingerprint density at radius 1 is 1.39 bits per heavy atom. The molecule has 2 nitrogen and oxygen atoms in total. The van der Waals surface area contributed by atoms with Crippen molar-refractivity contribution in [3.63, 3.8) is 0 Å². The lowest BCUT2D eigenvalue weighted by Crippen LogP contribution is -2.32. The molecular weight excluding hydrogens is 290 g/mol. The summed E-state index contributed by atoms with van der Waals surface area (Å²) in [6, 6.07) is 6.76.